The molecule has 1 N–H and O–H groups in total. The van der Waals surface area contributed by atoms with Crippen LogP contribution < -0.4 is 5.32 Å². The lowest BCUT2D eigenvalue weighted by Gasteiger charge is -2.12. The molecule has 0 aliphatic heterocycles. The van der Waals surface area contributed by atoms with Crippen molar-refractivity contribution in [3.8, 4) is 33.4 Å². The van der Waals surface area contributed by atoms with Crippen molar-refractivity contribution in [3.05, 3.63) is 158 Å². The summed E-state index contributed by atoms with van der Waals surface area (Å²) in [6, 6.07) is 55.5. The maximum absolute atomic E-state index is 6.80. The van der Waals surface area contributed by atoms with Gasteiger partial charge in [-0.1, -0.05) is 127 Å². The summed E-state index contributed by atoms with van der Waals surface area (Å²) < 4.78 is 6.80. The van der Waals surface area contributed by atoms with Crippen molar-refractivity contribution in [1.29, 1.82) is 0 Å². The normalized spacial score (nSPS) is 11.3. The van der Waals surface area contributed by atoms with E-state index in [1.54, 1.807) is 0 Å². The Kier molecular flexibility index (Phi) is 5.82. The minimum Gasteiger partial charge on any atom is -0.455 e. The molecule has 2 heteroatoms. The van der Waals surface area contributed by atoms with E-state index in [1.807, 2.05) is 12.1 Å². The van der Waals surface area contributed by atoms with Crippen molar-refractivity contribution in [1.82, 2.24) is 0 Å². The van der Waals surface area contributed by atoms with Crippen molar-refractivity contribution >= 4 is 44.1 Å². The monoisotopic (exact) mass is 537 g/mol. The molecule has 0 aliphatic rings. The van der Waals surface area contributed by atoms with Crippen LogP contribution in [0, 0.1) is 0 Å². The number of rotatable bonds is 5. The summed E-state index contributed by atoms with van der Waals surface area (Å²) in [5.74, 6) is 0. The molecule has 2 nitrogen and oxygen atoms in total. The van der Waals surface area contributed by atoms with Gasteiger partial charge in [-0.2, -0.15) is 0 Å². The summed E-state index contributed by atoms with van der Waals surface area (Å²) in [7, 11) is 0. The summed E-state index contributed by atoms with van der Waals surface area (Å²) in [5, 5.41) is 8.42. The van der Waals surface area contributed by atoms with Crippen molar-refractivity contribution < 1.29 is 4.42 Å². The van der Waals surface area contributed by atoms with Gasteiger partial charge in [0.2, 0.25) is 0 Å². The van der Waals surface area contributed by atoms with Gasteiger partial charge in [0.1, 0.15) is 11.2 Å². The predicted molar refractivity (Wildman–Crippen MR) is 177 cm³/mol. The molecule has 8 rings (SSSR count). The van der Waals surface area contributed by atoms with E-state index in [4.69, 9.17) is 4.42 Å². The summed E-state index contributed by atoms with van der Waals surface area (Å²) in [6.45, 7) is 0. The van der Waals surface area contributed by atoms with E-state index < -0.39 is 0 Å². The van der Waals surface area contributed by atoms with Crippen molar-refractivity contribution in [2.45, 2.75) is 0 Å². The second kappa shape index (κ2) is 10.1. The molecule has 0 amide bonds. The average molecular weight is 538 g/mol. The molecule has 198 valence electrons. The lowest BCUT2D eigenvalue weighted by Crippen LogP contribution is -1.92. The highest BCUT2D eigenvalue weighted by Crippen LogP contribution is 2.44. The molecule has 0 radical (unpaired) electrons. The van der Waals surface area contributed by atoms with E-state index in [0.29, 0.717) is 0 Å². The Morgan fingerprint density at radius 3 is 1.83 bits per heavy atom. The minimum atomic E-state index is 0.885. The maximum atomic E-state index is 6.80. The van der Waals surface area contributed by atoms with E-state index in [-0.39, 0.29) is 0 Å². The van der Waals surface area contributed by atoms with Crippen LogP contribution in [-0.2, 0) is 0 Å². The second-order valence-corrected chi connectivity index (χ2v) is 10.6. The van der Waals surface area contributed by atoms with Crippen LogP contribution >= 0.6 is 0 Å². The van der Waals surface area contributed by atoms with Gasteiger partial charge in [0.15, 0.2) is 0 Å². The molecule has 7 aromatic carbocycles. The highest BCUT2D eigenvalue weighted by atomic mass is 16.3. The first-order valence-corrected chi connectivity index (χ1v) is 14.3. The number of nitrogens with one attached hydrogen (secondary N) is 1. The first-order chi connectivity index (χ1) is 20.8. The van der Waals surface area contributed by atoms with Crippen LogP contribution in [0.1, 0.15) is 0 Å². The largest absolute Gasteiger partial charge is 0.455 e. The van der Waals surface area contributed by atoms with Gasteiger partial charge in [0.25, 0.3) is 0 Å². The van der Waals surface area contributed by atoms with Crippen molar-refractivity contribution in [2.75, 3.05) is 5.32 Å². The quantitative estimate of drug-likeness (QED) is 0.236. The summed E-state index contributed by atoms with van der Waals surface area (Å²) >= 11 is 0. The number of benzene rings is 7. The molecule has 0 atom stereocenters. The van der Waals surface area contributed by atoms with E-state index in [2.05, 4.69) is 151 Å². The Hall–Kier alpha value is -5.60. The Morgan fingerprint density at radius 1 is 0.405 bits per heavy atom. The first-order valence-electron chi connectivity index (χ1n) is 14.3. The summed E-state index contributed by atoms with van der Waals surface area (Å²) in [5.41, 5.74) is 10.6. The zero-order valence-corrected chi connectivity index (χ0v) is 22.9. The fourth-order valence-corrected chi connectivity index (χ4v) is 6.00. The highest BCUT2D eigenvalue weighted by Gasteiger charge is 2.19. The fourth-order valence-electron chi connectivity index (χ4n) is 6.00. The minimum absolute atomic E-state index is 0.885. The van der Waals surface area contributed by atoms with Crippen LogP contribution in [0.25, 0.3) is 66.1 Å². The van der Waals surface area contributed by atoms with Crippen molar-refractivity contribution in [2.24, 2.45) is 0 Å². The zero-order chi connectivity index (χ0) is 27.9. The Balaban J connectivity index is 1.29. The third kappa shape index (κ3) is 4.22. The topological polar surface area (TPSA) is 25.2 Å². The molecule has 0 saturated heterocycles. The molecule has 0 saturated carbocycles. The third-order valence-electron chi connectivity index (χ3n) is 8.04. The number of fused-ring (bicyclic) bond motifs is 4. The van der Waals surface area contributed by atoms with E-state index in [0.717, 1.165) is 55.6 Å². The average Bonchev–Trinajstić information content (AvgIpc) is 3.46. The van der Waals surface area contributed by atoms with Gasteiger partial charge in [0.05, 0.1) is 11.1 Å². The van der Waals surface area contributed by atoms with Gasteiger partial charge in [-0.25, -0.2) is 0 Å². The lowest BCUT2D eigenvalue weighted by molar-refractivity contribution is 0.671. The smallest absolute Gasteiger partial charge is 0.145 e. The number of anilines is 2. The molecule has 1 aromatic heterocycles. The number of hydrogen-bond donors (Lipinski definition) is 1. The SMILES string of the molecule is c1ccc(-c2cccc3c2oc2c(-c4ccccc4)ccc(Nc4cccc(-c5ccc6ccccc6c5)c4)c23)cc1. The van der Waals surface area contributed by atoms with Gasteiger partial charge >= 0.3 is 0 Å². The van der Waals surface area contributed by atoms with E-state index in [9.17, 15) is 0 Å². The first kappa shape index (κ1) is 24.2. The van der Waals surface area contributed by atoms with E-state index >= 15 is 0 Å². The highest BCUT2D eigenvalue weighted by molar-refractivity contribution is 6.18. The number of furan rings is 1. The number of hydrogen-bond acceptors (Lipinski definition) is 2. The molecule has 0 fully saturated rings. The Bertz CT molecular complexity index is 2210. The van der Waals surface area contributed by atoms with Crippen LogP contribution in [0.2, 0.25) is 0 Å². The zero-order valence-electron chi connectivity index (χ0n) is 22.9. The summed E-state index contributed by atoms with van der Waals surface area (Å²) in [6.07, 6.45) is 0. The van der Waals surface area contributed by atoms with Crippen LogP contribution in [0.15, 0.2) is 162 Å². The van der Waals surface area contributed by atoms with Crippen LogP contribution in [0.3, 0.4) is 0 Å². The van der Waals surface area contributed by atoms with Crippen molar-refractivity contribution in [3.63, 3.8) is 0 Å². The Labute approximate surface area is 244 Å². The van der Waals surface area contributed by atoms with Gasteiger partial charge in [-0.15, -0.1) is 0 Å². The van der Waals surface area contributed by atoms with Gasteiger partial charge in [-0.05, 0) is 63.4 Å². The number of para-hydroxylation sites is 1. The Morgan fingerprint density at radius 2 is 1.05 bits per heavy atom. The molecule has 1 heterocycles. The fraction of sp³-hybridized carbons (Fsp3) is 0. The molecular weight excluding hydrogens is 510 g/mol. The van der Waals surface area contributed by atoms with Gasteiger partial charge in [0, 0.05) is 22.2 Å². The van der Waals surface area contributed by atoms with Crippen LogP contribution in [0.4, 0.5) is 11.4 Å². The van der Waals surface area contributed by atoms with Crippen LogP contribution in [-0.4, -0.2) is 0 Å². The standard InChI is InChI=1S/C40H27NO/c1-3-12-28(13-4-1)34-19-10-20-36-38-37(24-23-35(40(38)42-39(34)36)29-14-5-2-6-15-29)41-33-18-9-17-31(26-33)32-22-21-27-11-7-8-16-30(27)25-32/h1-26,41H. The molecule has 0 aliphatic carbocycles. The molecule has 0 unspecified atom stereocenters. The summed E-state index contributed by atoms with van der Waals surface area (Å²) in [4.78, 5) is 0. The van der Waals surface area contributed by atoms with Gasteiger partial charge in [-0.3, -0.25) is 0 Å². The van der Waals surface area contributed by atoms with Crippen LogP contribution in [0.5, 0.6) is 0 Å². The lowest BCUT2D eigenvalue weighted by atomic mass is 9.98. The second-order valence-electron chi connectivity index (χ2n) is 10.6. The molecular formula is C40H27NO. The van der Waals surface area contributed by atoms with Gasteiger partial charge < -0.3 is 9.73 Å². The predicted octanol–water partition coefficient (Wildman–Crippen LogP) is 11.5. The maximum Gasteiger partial charge on any atom is 0.145 e. The molecule has 0 bridgehead atoms. The van der Waals surface area contributed by atoms with E-state index in [1.165, 1.54) is 21.9 Å². The molecule has 0 spiro atoms. The molecule has 42 heavy (non-hydrogen) atoms. The molecule has 8 aromatic rings. The third-order valence-corrected chi connectivity index (χ3v) is 8.04.